The van der Waals surface area contributed by atoms with Crippen LogP contribution < -0.4 is 10.9 Å². The standard InChI is InChI=1S/C19H18N2O/c1-14(20-21-19(22)16-9-3-2-4-10-16)17-13-7-11-15-8-5-6-12-18(15)17/h2-14,20H,1H3,(H,21,22)/t14-/m1/s1. The molecule has 0 saturated heterocycles. The van der Waals surface area contributed by atoms with Gasteiger partial charge in [0.2, 0.25) is 0 Å². The molecule has 3 aromatic carbocycles. The maximum atomic E-state index is 12.1. The molecule has 0 bridgehead atoms. The summed E-state index contributed by atoms with van der Waals surface area (Å²) >= 11 is 0. The topological polar surface area (TPSA) is 41.1 Å². The van der Waals surface area contributed by atoms with E-state index < -0.39 is 0 Å². The molecular formula is C19H18N2O. The van der Waals surface area contributed by atoms with Crippen LogP contribution >= 0.6 is 0 Å². The first-order chi connectivity index (χ1) is 10.8. The van der Waals surface area contributed by atoms with Crippen molar-refractivity contribution < 1.29 is 4.79 Å². The SMILES string of the molecule is C[C@@H](NNC(=O)c1ccccc1)c1cccc2ccccc12. The van der Waals surface area contributed by atoms with Crippen LogP contribution in [0.5, 0.6) is 0 Å². The molecular weight excluding hydrogens is 272 g/mol. The van der Waals surface area contributed by atoms with Crippen LogP contribution in [0.1, 0.15) is 28.9 Å². The van der Waals surface area contributed by atoms with Gasteiger partial charge in [0.05, 0.1) is 0 Å². The van der Waals surface area contributed by atoms with E-state index in [0.29, 0.717) is 5.56 Å². The lowest BCUT2D eigenvalue weighted by Crippen LogP contribution is -2.39. The minimum absolute atomic E-state index is 0.0127. The van der Waals surface area contributed by atoms with Crippen molar-refractivity contribution in [2.45, 2.75) is 13.0 Å². The zero-order valence-electron chi connectivity index (χ0n) is 12.4. The maximum Gasteiger partial charge on any atom is 0.265 e. The number of rotatable bonds is 4. The molecule has 0 aromatic heterocycles. The second kappa shape index (κ2) is 6.41. The number of hydrogen-bond donors (Lipinski definition) is 2. The molecule has 0 fully saturated rings. The van der Waals surface area contributed by atoms with E-state index in [9.17, 15) is 4.79 Å². The Morgan fingerprint density at radius 2 is 1.55 bits per heavy atom. The quantitative estimate of drug-likeness (QED) is 0.717. The fourth-order valence-corrected chi connectivity index (χ4v) is 2.54. The van der Waals surface area contributed by atoms with Gasteiger partial charge >= 0.3 is 0 Å². The molecule has 0 aliphatic heterocycles. The molecule has 0 spiro atoms. The highest BCUT2D eigenvalue weighted by Gasteiger charge is 2.10. The van der Waals surface area contributed by atoms with Crippen LogP contribution in [-0.2, 0) is 0 Å². The summed E-state index contributed by atoms with van der Waals surface area (Å²) in [5.74, 6) is -0.132. The van der Waals surface area contributed by atoms with Crippen molar-refractivity contribution in [1.82, 2.24) is 10.9 Å². The van der Waals surface area contributed by atoms with Gasteiger partial charge < -0.3 is 0 Å². The summed E-state index contributed by atoms with van der Waals surface area (Å²) in [6.45, 7) is 2.03. The van der Waals surface area contributed by atoms with Crippen LogP contribution in [0, 0.1) is 0 Å². The van der Waals surface area contributed by atoms with Crippen LogP contribution in [0.25, 0.3) is 10.8 Å². The molecule has 3 aromatic rings. The number of nitrogens with one attached hydrogen (secondary N) is 2. The number of amides is 1. The Hall–Kier alpha value is -2.65. The summed E-state index contributed by atoms with van der Waals surface area (Å²) in [5, 5.41) is 2.39. The second-order valence-electron chi connectivity index (χ2n) is 5.25. The Bertz CT molecular complexity index is 778. The average molecular weight is 290 g/mol. The lowest BCUT2D eigenvalue weighted by atomic mass is 10.0. The molecule has 1 atom stereocenters. The van der Waals surface area contributed by atoms with Gasteiger partial charge in [0.25, 0.3) is 5.91 Å². The summed E-state index contributed by atoms with van der Waals surface area (Å²) < 4.78 is 0. The molecule has 3 nitrogen and oxygen atoms in total. The molecule has 2 N–H and O–H groups in total. The van der Waals surface area contributed by atoms with Gasteiger partial charge in [-0.3, -0.25) is 10.2 Å². The van der Waals surface area contributed by atoms with E-state index in [2.05, 4.69) is 35.1 Å². The van der Waals surface area contributed by atoms with Crippen LogP contribution in [0.3, 0.4) is 0 Å². The number of benzene rings is 3. The van der Waals surface area contributed by atoms with Gasteiger partial charge in [0, 0.05) is 11.6 Å². The summed E-state index contributed by atoms with van der Waals surface area (Å²) in [4.78, 5) is 12.1. The molecule has 3 rings (SSSR count). The van der Waals surface area contributed by atoms with Crippen LogP contribution in [0.4, 0.5) is 0 Å². The summed E-state index contributed by atoms with van der Waals surface area (Å²) in [6.07, 6.45) is 0. The first-order valence-electron chi connectivity index (χ1n) is 7.34. The van der Waals surface area contributed by atoms with Crippen molar-refractivity contribution in [2.24, 2.45) is 0 Å². The Kier molecular flexibility index (Phi) is 4.17. The normalized spacial score (nSPS) is 12.0. The fraction of sp³-hybridized carbons (Fsp3) is 0.105. The summed E-state index contributed by atoms with van der Waals surface area (Å²) in [7, 11) is 0. The molecule has 0 aliphatic rings. The van der Waals surface area contributed by atoms with E-state index in [0.717, 1.165) is 5.56 Å². The summed E-state index contributed by atoms with van der Waals surface area (Å²) in [5.41, 5.74) is 7.66. The number of fused-ring (bicyclic) bond motifs is 1. The molecule has 0 heterocycles. The van der Waals surface area contributed by atoms with Crippen molar-refractivity contribution in [3.05, 3.63) is 83.9 Å². The van der Waals surface area contributed by atoms with Crippen molar-refractivity contribution in [3.8, 4) is 0 Å². The average Bonchev–Trinajstić information content (AvgIpc) is 2.59. The lowest BCUT2D eigenvalue weighted by Gasteiger charge is -2.17. The zero-order valence-corrected chi connectivity index (χ0v) is 12.4. The van der Waals surface area contributed by atoms with Gasteiger partial charge in [-0.1, -0.05) is 60.7 Å². The maximum absolute atomic E-state index is 12.1. The first-order valence-corrected chi connectivity index (χ1v) is 7.34. The van der Waals surface area contributed by atoms with Crippen molar-refractivity contribution in [2.75, 3.05) is 0 Å². The molecule has 0 saturated carbocycles. The van der Waals surface area contributed by atoms with Crippen molar-refractivity contribution in [1.29, 1.82) is 0 Å². The highest BCUT2D eigenvalue weighted by molar-refractivity contribution is 5.93. The van der Waals surface area contributed by atoms with Crippen molar-refractivity contribution >= 4 is 16.7 Å². The van der Waals surface area contributed by atoms with Crippen LogP contribution in [0.15, 0.2) is 72.8 Å². The molecule has 22 heavy (non-hydrogen) atoms. The largest absolute Gasteiger partial charge is 0.287 e. The number of hydrazine groups is 1. The minimum atomic E-state index is -0.132. The van der Waals surface area contributed by atoms with E-state index in [1.54, 1.807) is 12.1 Å². The molecule has 3 heteroatoms. The molecule has 0 aliphatic carbocycles. The zero-order chi connectivity index (χ0) is 15.4. The molecule has 0 unspecified atom stereocenters. The third-order valence-corrected chi connectivity index (χ3v) is 3.73. The Morgan fingerprint density at radius 3 is 2.36 bits per heavy atom. The van der Waals surface area contributed by atoms with E-state index in [-0.39, 0.29) is 11.9 Å². The lowest BCUT2D eigenvalue weighted by molar-refractivity contribution is 0.0926. The molecule has 1 amide bonds. The highest BCUT2D eigenvalue weighted by Crippen LogP contribution is 2.23. The fourth-order valence-electron chi connectivity index (χ4n) is 2.54. The smallest absolute Gasteiger partial charge is 0.265 e. The van der Waals surface area contributed by atoms with E-state index in [1.807, 2.05) is 43.3 Å². The number of hydrogen-bond acceptors (Lipinski definition) is 2. The van der Waals surface area contributed by atoms with Gasteiger partial charge in [-0.05, 0) is 35.4 Å². The van der Waals surface area contributed by atoms with Gasteiger partial charge in [-0.25, -0.2) is 5.43 Å². The van der Waals surface area contributed by atoms with Gasteiger partial charge in [-0.15, -0.1) is 0 Å². The molecule has 110 valence electrons. The van der Waals surface area contributed by atoms with Gasteiger partial charge in [-0.2, -0.15) is 0 Å². The second-order valence-corrected chi connectivity index (χ2v) is 5.25. The predicted octanol–water partition coefficient (Wildman–Crippen LogP) is 3.84. The summed E-state index contributed by atoms with van der Waals surface area (Å²) in [6, 6.07) is 23.6. The number of carbonyl (C=O) groups excluding carboxylic acids is 1. The monoisotopic (exact) mass is 290 g/mol. The van der Waals surface area contributed by atoms with Crippen LogP contribution in [0.2, 0.25) is 0 Å². The number of carbonyl (C=O) groups is 1. The van der Waals surface area contributed by atoms with Gasteiger partial charge in [0.1, 0.15) is 0 Å². The highest BCUT2D eigenvalue weighted by atomic mass is 16.2. The Labute approximate surface area is 129 Å². The minimum Gasteiger partial charge on any atom is -0.287 e. The third-order valence-electron chi connectivity index (χ3n) is 3.73. The Morgan fingerprint density at radius 1 is 0.864 bits per heavy atom. The van der Waals surface area contributed by atoms with E-state index in [1.165, 1.54) is 10.8 Å². The predicted molar refractivity (Wildman–Crippen MR) is 89.4 cm³/mol. The van der Waals surface area contributed by atoms with Crippen molar-refractivity contribution in [3.63, 3.8) is 0 Å². The van der Waals surface area contributed by atoms with Crippen LogP contribution in [-0.4, -0.2) is 5.91 Å². The molecule has 0 radical (unpaired) electrons. The Balaban J connectivity index is 1.74. The van der Waals surface area contributed by atoms with E-state index >= 15 is 0 Å². The first kappa shape index (κ1) is 14.3. The van der Waals surface area contributed by atoms with E-state index in [4.69, 9.17) is 0 Å². The van der Waals surface area contributed by atoms with Gasteiger partial charge in [0.15, 0.2) is 0 Å². The third kappa shape index (κ3) is 3.00.